The fraction of sp³-hybridized carbons (Fsp3) is 0.250. The number of carbonyl (C=O) groups is 1. The Kier molecular flexibility index (Phi) is 4.78. The summed E-state index contributed by atoms with van der Waals surface area (Å²) < 4.78 is 5.11. The van der Waals surface area contributed by atoms with Gasteiger partial charge in [0.1, 0.15) is 0 Å². The highest BCUT2D eigenvalue weighted by molar-refractivity contribution is 6.31. The molecular weight excluding hydrogens is 382 g/mol. The maximum Gasteiger partial charge on any atom is 0.344 e. The molecule has 2 N–H and O–H groups in total. The molecule has 1 aliphatic heterocycles. The number of nitrogens with zero attached hydrogens (tertiary/aromatic N) is 1. The lowest BCUT2D eigenvalue weighted by Crippen LogP contribution is -2.32. The number of halogens is 1. The number of pyridine rings is 1. The summed E-state index contributed by atoms with van der Waals surface area (Å²) >= 11 is 5.89. The van der Waals surface area contributed by atoms with Crippen molar-refractivity contribution in [3.8, 4) is 0 Å². The Morgan fingerprint density at radius 2 is 2.11 bits per heavy atom. The minimum atomic E-state index is -0.639. The van der Waals surface area contributed by atoms with Crippen molar-refractivity contribution >= 4 is 28.3 Å². The van der Waals surface area contributed by atoms with E-state index in [1.54, 1.807) is 12.1 Å². The topological polar surface area (TPSA) is 95.4 Å². The fourth-order valence-corrected chi connectivity index (χ4v) is 3.53. The Bertz CT molecular complexity index is 1200. The Morgan fingerprint density at radius 3 is 2.93 bits per heavy atom. The van der Waals surface area contributed by atoms with Gasteiger partial charge in [-0.25, -0.2) is 4.79 Å². The monoisotopic (exact) mass is 399 g/mol. The van der Waals surface area contributed by atoms with Crippen LogP contribution in [0.3, 0.4) is 0 Å². The van der Waals surface area contributed by atoms with Gasteiger partial charge in [-0.15, -0.1) is 0 Å². The summed E-state index contributed by atoms with van der Waals surface area (Å²) in [4.78, 5) is 41.9. The van der Waals surface area contributed by atoms with Gasteiger partial charge >= 0.3 is 5.63 Å². The van der Waals surface area contributed by atoms with Gasteiger partial charge in [0.05, 0.1) is 5.39 Å². The first-order valence-corrected chi connectivity index (χ1v) is 9.22. The Hall–Kier alpha value is -2.90. The van der Waals surface area contributed by atoms with Crippen molar-refractivity contribution in [2.24, 2.45) is 0 Å². The number of aromatic amines is 1. The molecule has 0 atom stereocenters. The second-order valence-corrected chi connectivity index (χ2v) is 7.36. The van der Waals surface area contributed by atoms with Crippen molar-refractivity contribution < 1.29 is 9.21 Å². The van der Waals surface area contributed by atoms with Crippen LogP contribution in [0, 0.1) is 0 Å². The summed E-state index contributed by atoms with van der Waals surface area (Å²) in [7, 11) is 2.02. The number of aromatic nitrogens is 1. The van der Waals surface area contributed by atoms with Crippen molar-refractivity contribution in [1.82, 2.24) is 15.2 Å². The molecule has 3 heterocycles. The molecule has 1 aliphatic rings. The summed E-state index contributed by atoms with van der Waals surface area (Å²) in [5.41, 5.74) is 1.58. The first-order chi connectivity index (χ1) is 13.4. The number of benzene rings is 1. The minimum Gasteiger partial charge on any atom is -0.417 e. The average molecular weight is 400 g/mol. The van der Waals surface area contributed by atoms with E-state index in [1.165, 1.54) is 12.1 Å². The van der Waals surface area contributed by atoms with Gasteiger partial charge in [-0.1, -0.05) is 17.7 Å². The SMILES string of the molecule is CN1CCc2[nH]c(=O)c(CNC(=O)c3cc4ccc(Cl)cc4c(=O)o3)cc2C1. The smallest absolute Gasteiger partial charge is 0.344 e. The van der Waals surface area contributed by atoms with Gasteiger partial charge in [-0.05, 0) is 42.3 Å². The zero-order chi connectivity index (χ0) is 19.8. The summed E-state index contributed by atoms with van der Waals surface area (Å²) in [5, 5.41) is 3.92. The molecule has 2 aromatic heterocycles. The number of nitrogens with one attached hydrogen (secondary N) is 2. The molecule has 0 saturated carbocycles. The predicted molar refractivity (Wildman–Crippen MR) is 106 cm³/mol. The number of H-pyrrole nitrogens is 1. The van der Waals surface area contributed by atoms with Crippen molar-refractivity contribution in [3.63, 3.8) is 0 Å². The number of rotatable bonds is 3. The molecule has 0 radical (unpaired) electrons. The largest absolute Gasteiger partial charge is 0.417 e. The highest BCUT2D eigenvalue weighted by Crippen LogP contribution is 2.18. The highest BCUT2D eigenvalue weighted by atomic mass is 35.5. The van der Waals surface area contributed by atoms with E-state index in [2.05, 4.69) is 15.2 Å². The third-order valence-corrected chi connectivity index (χ3v) is 5.10. The lowest BCUT2D eigenvalue weighted by molar-refractivity contribution is 0.0919. The van der Waals surface area contributed by atoms with Crippen LogP contribution in [0.15, 0.2) is 44.3 Å². The highest BCUT2D eigenvalue weighted by Gasteiger charge is 2.17. The first kappa shape index (κ1) is 18.5. The van der Waals surface area contributed by atoms with Crippen LogP contribution in [0.2, 0.25) is 5.02 Å². The number of hydrogen-bond donors (Lipinski definition) is 2. The van der Waals surface area contributed by atoms with E-state index < -0.39 is 11.5 Å². The van der Waals surface area contributed by atoms with Crippen LogP contribution in [0.5, 0.6) is 0 Å². The molecule has 7 nitrogen and oxygen atoms in total. The zero-order valence-corrected chi connectivity index (χ0v) is 15.9. The maximum absolute atomic E-state index is 12.4. The van der Waals surface area contributed by atoms with Crippen molar-refractivity contribution in [1.29, 1.82) is 0 Å². The van der Waals surface area contributed by atoms with Crippen LogP contribution < -0.4 is 16.5 Å². The van der Waals surface area contributed by atoms with Gasteiger partial charge in [-0.2, -0.15) is 0 Å². The Labute approximate surface area is 164 Å². The van der Waals surface area contributed by atoms with E-state index in [0.717, 1.165) is 30.8 Å². The van der Waals surface area contributed by atoms with E-state index in [-0.39, 0.29) is 17.9 Å². The Morgan fingerprint density at radius 1 is 1.29 bits per heavy atom. The lowest BCUT2D eigenvalue weighted by Gasteiger charge is -2.24. The number of hydrogen-bond acceptors (Lipinski definition) is 5. The average Bonchev–Trinajstić information content (AvgIpc) is 2.66. The summed E-state index contributed by atoms with van der Waals surface area (Å²) in [6, 6.07) is 8.08. The van der Waals surface area contributed by atoms with E-state index in [0.29, 0.717) is 21.4 Å². The molecule has 28 heavy (non-hydrogen) atoms. The molecule has 0 unspecified atom stereocenters. The third kappa shape index (κ3) is 3.58. The van der Waals surface area contributed by atoms with Gasteiger partial charge in [-0.3, -0.25) is 9.59 Å². The van der Waals surface area contributed by atoms with E-state index >= 15 is 0 Å². The van der Waals surface area contributed by atoms with Crippen LogP contribution in [-0.2, 0) is 19.5 Å². The molecule has 4 rings (SSSR count). The zero-order valence-electron chi connectivity index (χ0n) is 15.2. The molecule has 8 heteroatoms. The van der Waals surface area contributed by atoms with Gasteiger partial charge in [0.2, 0.25) is 0 Å². The standard InChI is InChI=1S/C20H18ClN3O4/c1-24-5-4-16-13(10-24)6-12(18(25)23-16)9-22-19(26)17-7-11-2-3-14(21)8-15(11)20(27)28-17/h2-3,6-8H,4-5,9-10H2,1H3,(H,22,26)(H,23,25). The predicted octanol–water partition coefficient (Wildman–Crippen LogP) is 2.05. The molecule has 0 spiro atoms. The summed E-state index contributed by atoms with van der Waals surface area (Å²) in [6.45, 7) is 1.67. The molecule has 1 amide bonds. The normalized spacial score (nSPS) is 14.1. The van der Waals surface area contributed by atoms with Crippen molar-refractivity contribution in [2.75, 3.05) is 13.6 Å². The van der Waals surface area contributed by atoms with Crippen molar-refractivity contribution in [3.05, 3.63) is 78.7 Å². The van der Waals surface area contributed by atoms with Crippen LogP contribution in [0.25, 0.3) is 10.8 Å². The van der Waals surface area contributed by atoms with Crippen LogP contribution >= 0.6 is 11.6 Å². The van der Waals surface area contributed by atoms with Gasteiger partial charge in [0.25, 0.3) is 11.5 Å². The van der Waals surface area contributed by atoms with Crippen LogP contribution in [0.1, 0.15) is 27.4 Å². The third-order valence-electron chi connectivity index (χ3n) is 4.86. The summed E-state index contributed by atoms with van der Waals surface area (Å²) in [6.07, 6.45) is 0.792. The van der Waals surface area contributed by atoms with Gasteiger partial charge in [0.15, 0.2) is 5.76 Å². The van der Waals surface area contributed by atoms with E-state index in [1.807, 2.05) is 13.1 Å². The van der Waals surface area contributed by atoms with Crippen molar-refractivity contribution in [2.45, 2.75) is 19.5 Å². The fourth-order valence-electron chi connectivity index (χ4n) is 3.36. The second-order valence-electron chi connectivity index (χ2n) is 6.93. The lowest BCUT2D eigenvalue weighted by atomic mass is 10.0. The quantitative estimate of drug-likeness (QED) is 0.702. The number of amides is 1. The van der Waals surface area contributed by atoms with Gasteiger partial charge < -0.3 is 19.6 Å². The molecular formula is C20H18ClN3O4. The molecule has 0 fully saturated rings. The molecule has 0 saturated heterocycles. The first-order valence-electron chi connectivity index (χ1n) is 8.85. The number of likely N-dealkylation sites (N-methyl/N-ethyl adjacent to an activating group) is 1. The van der Waals surface area contributed by atoms with E-state index in [9.17, 15) is 14.4 Å². The van der Waals surface area contributed by atoms with E-state index in [4.69, 9.17) is 16.0 Å². The minimum absolute atomic E-state index is 0.0352. The number of fused-ring (bicyclic) bond motifs is 2. The molecule has 1 aromatic carbocycles. The maximum atomic E-state index is 12.4. The summed E-state index contributed by atoms with van der Waals surface area (Å²) in [5.74, 6) is -0.683. The molecule has 144 valence electrons. The van der Waals surface area contributed by atoms with Crippen LogP contribution in [-0.4, -0.2) is 29.4 Å². The number of carbonyl (C=O) groups excluding carboxylic acids is 1. The van der Waals surface area contributed by atoms with Gasteiger partial charge in [0, 0.05) is 42.3 Å². The second kappa shape index (κ2) is 7.26. The molecule has 0 aliphatic carbocycles. The van der Waals surface area contributed by atoms with Crippen LogP contribution in [0.4, 0.5) is 0 Å². The molecule has 3 aromatic rings. The Balaban J connectivity index is 1.56. The molecule has 0 bridgehead atoms.